The molecular weight excluding hydrogens is 211 g/mol. The maximum absolute atomic E-state index is 11.8. The van der Waals surface area contributed by atoms with Gasteiger partial charge >= 0.3 is 12.2 Å². The molecule has 0 aromatic rings. The molecule has 2 N–H and O–H groups in total. The Balaban J connectivity index is 2.33. The van der Waals surface area contributed by atoms with Gasteiger partial charge in [0.1, 0.15) is 6.54 Å². The second-order valence-electron chi connectivity index (χ2n) is 3.58. The predicted octanol–water partition coefficient (Wildman–Crippen LogP) is 0.552. The van der Waals surface area contributed by atoms with Crippen LogP contribution in [-0.4, -0.2) is 49.3 Å². The number of nitrogens with zero attached hydrogens (tertiary/aromatic N) is 1. The number of rotatable bonds is 1. The van der Waals surface area contributed by atoms with E-state index in [1.807, 2.05) is 12.2 Å². The number of carbonyl (C=O) groups is 1. The smallest absolute Gasteiger partial charge is 0.329 e. The Bertz CT molecular complexity index is 232. The van der Waals surface area contributed by atoms with Gasteiger partial charge in [-0.15, -0.1) is 0 Å². The van der Waals surface area contributed by atoms with Gasteiger partial charge in [-0.1, -0.05) is 0 Å². The summed E-state index contributed by atoms with van der Waals surface area (Å²) in [6.45, 7) is 2.09. The molecule has 0 saturated carbocycles. The van der Waals surface area contributed by atoms with Gasteiger partial charge in [0.25, 0.3) is 0 Å². The number of piperazine rings is 1. The molecule has 0 aromatic heterocycles. The number of carbonyl (C=O) groups excluding carboxylic acids is 1. The standard InChI is InChI=1S/C8H14F3N3O/c1-6-4-14(3-2-12-6)7(15)13-5-8(9,10)11/h6,12H,2-5H2,1H3,(H,13,15)/t6-/m0/s1. The second-order valence-corrected chi connectivity index (χ2v) is 3.58. The number of alkyl halides is 3. The van der Waals surface area contributed by atoms with Crippen LogP contribution < -0.4 is 10.6 Å². The molecule has 1 aliphatic heterocycles. The molecule has 0 unspecified atom stereocenters. The highest BCUT2D eigenvalue weighted by Crippen LogP contribution is 2.12. The number of urea groups is 1. The highest BCUT2D eigenvalue weighted by molar-refractivity contribution is 5.74. The maximum atomic E-state index is 11.8. The molecule has 1 aliphatic rings. The van der Waals surface area contributed by atoms with E-state index in [0.29, 0.717) is 19.6 Å². The fraction of sp³-hybridized carbons (Fsp3) is 0.875. The molecule has 0 spiro atoms. The second kappa shape index (κ2) is 4.69. The summed E-state index contributed by atoms with van der Waals surface area (Å²) in [6.07, 6.45) is -4.35. The van der Waals surface area contributed by atoms with E-state index in [-0.39, 0.29) is 6.04 Å². The van der Waals surface area contributed by atoms with E-state index in [1.54, 1.807) is 0 Å². The third kappa shape index (κ3) is 4.37. The molecule has 1 atom stereocenters. The van der Waals surface area contributed by atoms with Crippen LogP contribution >= 0.6 is 0 Å². The highest BCUT2D eigenvalue weighted by Gasteiger charge is 2.29. The van der Waals surface area contributed by atoms with Crippen LogP contribution in [0.15, 0.2) is 0 Å². The van der Waals surface area contributed by atoms with Crippen LogP contribution in [0, 0.1) is 0 Å². The zero-order chi connectivity index (χ0) is 11.5. The fourth-order valence-electron chi connectivity index (χ4n) is 1.40. The Kier molecular flexibility index (Phi) is 3.78. The van der Waals surface area contributed by atoms with Gasteiger partial charge in [0.2, 0.25) is 0 Å². The molecule has 1 fully saturated rings. The molecule has 0 bridgehead atoms. The van der Waals surface area contributed by atoms with E-state index >= 15 is 0 Å². The minimum absolute atomic E-state index is 0.121. The first-order chi connectivity index (χ1) is 6.88. The summed E-state index contributed by atoms with van der Waals surface area (Å²) in [4.78, 5) is 12.7. The van der Waals surface area contributed by atoms with Gasteiger partial charge < -0.3 is 15.5 Å². The number of nitrogens with one attached hydrogen (secondary N) is 2. The molecule has 1 heterocycles. The van der Waals surface area contributed by atoms with Crippen molar-refractivity contribution >= 4 is 6.03 Å². The van der Waals surface area contributed by atoms with Crippen molar-refractivity contribution in [3.05, 3.63) is 0 Å². The summed E-state index contributed by atoms with van der Waals surface area (Å²) in [5.74, 6) is 0. The van der Waals surface area contributed by atoms with Crippen molar-refractivity contribution in [1.29, 1.82) is 0 Å². The first kappa shape index (κ1) is 12.1. The third-order valence-electron chi connectivity index (χ3n) is 2.10. The van der Waals surface area contributed by atoms with Gasteiger partial charge in [0.05, 0.1) is 0 Å². The largest absolute Gasteiger partial charge is 0.405 e. The molecule has 1 saturated heterocycles. The van der Waals surface area contributed by atoms with Crippen LogP contribution in [0.1, 0.15) is 6.92 Å². The summed E-state index contributed by atoms with van der Waals surface area (Å²) in [5.41, 5.74) is 0. The Hall–Kier alpha value is -0.980. The van der Waals surface area contributed by atoms with Gasteiger partial charge in [-0.2, -0.15) is 13.2 Å². The SMILES string of the molecule is C[C@H]1CN(C(=O)NCC(F)(F)F)CCN1. The highest BCUT2D eigenvalue weighted by atomic mass is 19.4. The topological polar surface area (TPSA) is 44.4 Å². The third-order valence-corrected chi connectivity index (χ3v) is 2.10. The van der Waals surface area contributed by atoms with E-state index in [4.69, 9.17) is 0 Å². The zero-order valence-electron chi connectivity index (χ0n) is 8.40. The number of hydrogen-bond acceptors (Lipinski definition) is 2. The minimum Gasteiger partial charge on any atom is -0.329 e. The summed E-state index contributed by atoms with van der Waals surface area (Å²) >= 11 is 0. The van der Waals surface area contributed by atoms with Crippen LogP contribution in [0.5, 0.6) is 0 Å². The molecule has 0 aliphatic carbocycles. The van der Waals surface area contributed by atoms with Gasteiger partial charge in [-0.3, -0.25) is 0 Å². The van der Waals surface area contributed by atoms with Crippen LogP contribution in [0.2, 0.25) is 0 Å². The van der Waals surface area contributed by atoms with Crippen LogP contribution in [0.3, 0.4) is 0 Å². The lowest BCUT2D eigenvalue weighted by atomic mass is 10.2. The van der Waals surface area contributed by atoms with Crippen molar-refractivity contribution in [2.24, 2.45) is 0 Å². The van der Waals surface area contributed by atoms with E-state index in [1.165, 1.54) is 4.90 Å². The molecule has 0 radical (unpaired) electrons. The van der Waals surface area contributed by atoms with Gasteiger partial charge in [-0.05, 0) is 6.92 Å². The Morgan fingerprint density at radius 1 is 1.60 bits per heavy atom. The quantitative estimate of drug-likeness (QED) is 0.684. The van der Waals surface area contributed by atoms with Crippen molar-refractivity contribution in [2.45, 2.75) is 19.1 Å². The molecular formula is C8H14F3N3O. The van der Waals surface area contributed by atoms with Crippen LogP contribution in [-0.2, 0) is 0 Å². The zero-order valence-corrected chi connectivity index (χ0v) is 8.40. The Morgan fingerprint density at radius 3 is 2.80 bits per heavy atom. The van der Waals surface area contributed by atoms with Crippen molar-refractivity contribution in [3.8, 4) is 0 Å². The van der Waals surface area contributed by atoms with E-state index in [2.05, 4.69) is 5.32 Å². The summed E-state index contributed by atoms with van der Waals surface area (Å²) in [5, 5.41) is 4.94. The van der Waals surface area contributed by atoms with Crippen molar-refractivity contribution in [2.75, 3.05) is 26.2 Å². The van der Waals surface area contributed by atoms with Crippen molar-refractivity contribution < 1.29 is 18.0 Å². The normalized spacial score (nSPS) is 22.7. The Labute approximate surface area is 85.8 Å². The van der Waals surface area contributed by atoms with E-state index in [9.17, 15) is 18.0 Å². The average Bonchev–Trinajstić information content (AvgIpc) is 2.13. The van der Waals surface area contributed by atoms with Gasteiger partial charge in [0, 0.05) is 25.7 Å². The summed E-state index contributed by atoms with van der Waals surface area (Å²) in [6, 6.07) is -0.531. The van der Waals surface area contributed by atoms with Crippen molar-refractivity contribution in [3.63, 3.8) is 0 Å². The van der Waals surface area contributed by atoms with Crippen LogP contribution in [0.4, 0.5) is 18.0 Å². The monoisotopic (exact) mass is 225 g/mol. The molecule has 0 aromatic carbocycles. The lowest BCUT2D eigenvalue weighted by molar-refractivity contribution is -0.123. The lowest BCUT2D eigenvalue weighted by Crippen LogP contribution is -2.54. The minimum atomic E-state index is -4.35. The maximum Gasteiger partial charge on any atom is 0.405 e. The number of amides is 2. The number of hydrogen-bond donors (Lipinski definition) is 2. The molecule has 1 rings (SSSR count). The molecule has 4 nitrogen and oxygen atoms in total. The van der Waals surface area contributed by atoms with E-state index < -0.39 is 18.8 Å². The van der Waals surface area contributed by atoms with E-state index in [0.717, 1.165) is 0 Å². The Morgan fingerprint density at radius 2 is 2.27 bits per heavy atom. The predicted molar refractivity (Wildman–Crippen MR) is 48.5 cm³/mol. The lowest BCUT2D eigenvalue weighted by Gasteiger charge is -2.31. The first-order valence-corrected chi connectivity index (χ1v) is 4.71. The fourth-order valence-corrected chi connectivity index (χ4v) is 1.40. The summed E-state index contributed by atoms with van der Waals surface area (Å²) in [7, 11) is 0. The number of halogens is 3. The van der Waals surface area contributed by atoms with Crippen LogP contribution in [0.25, 0.3) is 0 Å². The average molecular weight is 225 g/mol. The molecule has 88 valence electrons. The van der Waals surface area contributed by atoms with Gasteiger partial charge in [-0.25, -0.2) is 4.79 Å². The summed E-state index contributed by atoms with van der Waals surface area (Å²) < 4.78 is 35.4. The van der Waals surface area contributed by atoms with Gasteiger partial charge in [0.15, 0.2) is 0 Å². The molecule has 15 heavy (non-hydrogen) atoms. The molecule has 2 amide bonds. The first-order valence-electron chi connectivity index (χ1n) is 4.71. The van der Waals surface area contributed by atoms with Crippen molar-refractivity contribution in [1.82, 2.24) is 15.5 Å². The molecule has 7 heteroatoms.